The van der Waals surface area contributed by atoms with E-state index in [1.54, 1.807) is 21.0 Å². The van der Waals surface area contributed by atoms with E-state index in [1.807, 2.05) is 31.2 Å². The number of amides is 1. The molecule has 0 saturated carbocycles. The first-order chi connectivity index (χ1) is 14.3. The normalized spacial score (nSPS) is 12.3. The molecular formula is C25H26FNO3. The standard InChI is InChI=1S/C25H26FNO3/c1-17(29-4)18-5-7-19(8-6-18)20-9-13-22(14-10-20)27-24(28)25(2,3)30-23-15-11-21(26)12-16-23/h5-17H,1-4H3,(H,27,28). The Morgan fingerprint density at radius 1 is 0.900 bits per heavy atom. The van der Waals surface area contributed by atoms with E-state index in [1.165, 1.54) is 24.3 Å². The van der Waals surface area contributed by atoms with Crippen LogP contribution in [0.2, 0.25) is 0 Å². The molecule has 0 heterocycles. The minimum Gasteiger partial charge on any atom is -0.478 e. The third-order valence-corrected chi connectivity index (χ3v) is 4.94. The zero-order valence-corrected chi connectivity index (χ0v) is 17.6. The lowest BCUT2D eigenvalue weighted by atomic mass is 10.0. The van der Waals surface area contributed by atoms with Crippen molar-refractivity contribution in [1.29, 1.82) is 0 Å². The fourth-order valence-electron chi connectivity index (χ4n) is 2.95. The van der Waals surface area contributed by atoms with Crippen molar-refractivity contribution in [2.24, 2.45) is 0 Å². The van der Waals surface area contributed by atoms with Crippen molar-refractivity contribution < 1.29 is 18.7 Å². The van der Waals surface area contributed by atoms with Crippen LogP contribution in [0.15, 0.2) is 72.8 Å². The molecule has 0 aliphatic carbocycles. The summed E-state index contributed by atoms with van der Waals surface area (Å²) in [6.07, 6.45) is 0.0529. The Morgan fingerprint density at radius 3 is 1.97 bits per heavy atom. The molecule has 1 N–H and O–H groups in total. The molecule has 3 aromatic carbocycles. The zero-order chi connectivity index (χ0) is 21.7. The zero-order valence-electron chi connectivity index (χ0n) is 17.6. The summed E-state index contributed by atoms with van der Waals surface area (Å²) in [6.45, 7) is 5.35. The lowest BCUT2D eigenvalue weighted by Crippen LogP contribution is -2.42. The molecule has 4 nitrogen and oxygen atoms in total. The third-order valence-electron chi connectivity index (χ3n) is 4.94. The van der Waals surface area contributed by atoms with Crippen molar-refractivity contribution in [3.8, 4) is 16.9 Å². The first-order valence-electron chi connectivity index (χ1n) is 9.78. The lowest BCUT2D eigenvalue weighted by molar-refractivity contribution is -0.128. The Morgan fingerprint density at radius 2 is 1.43 bits per heavy atom. The number of hydrogen-bond donors (Lipinski definition) is 1. The van der Waals surface area contributed by atoms with Crippen molar-refractivity contribution in [2.45, 2.75) is 32.5 Å². The third kappa shape index (κ3) is 5.24. The molecule has 3 aromatic rings. The minimum atomic E-state index is -1.12. The number of anilines is 1. The smallest absolute Gasteiger partial charge is 0.267 e. The molecule has 0 aliphatic rings. The number of carbonyl (C=O) groups excluding carboxylic acids is 1. The average Bonchev–Trinajstić information content (AvgIpc) is 2.75. The molecule has 0 aliphatic heterocycles. The van der Waals surface area contributed by atoms with Crippen molar-refractivity contribution in [1.82, 2.24) is 0 Å². The van der Waals surface area contributed by atoms with Gasteiger partial charge in [0.15, 0.2) is 5.60 Å². The van der Waals surface area contributed by atoms with Gasteiger partial charge in [-0.1, -0.05) is 36.4 Å². The van der Waals surface area contributed by atoms with Crippen molar-refractivity contribution in [3.05, 3.63) is 84.2 Å². The van der Waals surface area contributed by atoms with Gasteiger partial charge in [0.1, 0.15) is 11.6 Å². The molecule has 1 amide bonds. The molecule has 0 bridgehead atoms. The van der Waals surface area contributed by atoms with Gasteiger partial charge in [-0.15, -0.1) is 0 Å². The number of halogens is 1. The molecule has 0 saturated heterocycles. The second kappa shape index (κ2) is 9.09. The topological polar surface area (TPSA) is 47.6 Å². The Labute approximate surface area is 176 Å². The van der Waals surface area contributed by atoms with Gasteiger partial charge in [0, 0.05) is 12.8 Å². The summed E-state index contributed by atoms with van der Waals surface area (Å²) >= 11 is 0. The predicted molar refractivity (Wildman–Crippen MR) is 117 cm³/mol. The van der Waals surface area contributed by atoms with Gasteiger partial charge in [-0.2, -0.15) is 0 Å². The number of methoxy groups -OCH3 is 1. The first-order valence-corrected chi connectivity index (χ1v) is 9.78. The summed E-state index contributed by atoms with van der Waals surface area (Å²) in [4.78, 5) is 12.7. The second-order valence-corrected chi connectivity index (χ2v) is 7.60. The van der Waals surface area contributed by atoms with E-state index in [-0.39, 0.29) is 17.8 Å². The summed E-state index contributed by atoms with van der Waals surface area (Å²) < 4.78 is 24.1. The first kappa shape index (κ1) is 21.5. The summed E-state index contributed by atoms with van der Waals surface area (Å²) in [5, 5.41) is 2.87. The number of rotatable bonds is 7. The minimum absolute atomic E-state index is 0.0529. The van der Waals surface area contributed by atoms with E-state index in [4.69, 9.17) is 9.47 Å². The maximum Gasteiger partial charge on any atom is 0.267 e. The van der Waals surface area contributed by atoms with Gasteiger partial charge < -0.3 is 14.8 Å². The molecule has 1 atom stereocenters. The van der Waals surface area contributed by atoms with Gasteiger partial charge in [-0.05, 0) is 73.9 Å². The highest BCUT2D eigenvalue weighted by Gasteiger charge is 2.30. The summed E-state index contributed by atoms with van der Waals surface area (Å²) in [6, 6.07) is 21.4. The Hall–Kier alpha value is -3.18. The van der Waals surface area contributed by atoms with Gasteiger partial charge in [0.25, 0.3) is 5.91 Å². The molecule has 3 rings (SSSR count). The van der Waals surface area contributed by atoms with Gasteiger partial charge in [0.2, 0.25) is 0 Å². The molecule has 5 heteroatoms. The van der Waals surface area contributed by atoms with Gasteiger partial charge in [0.05, 0.1) is 6.10 Å². The van der Waals surface area contributed by atoms with Crippen LogP contribution in [-0.2, 0) is 9.53 Å². The molecule has 0 fully saturated rings. The summed E-state index contributed by atoms with van der Waals surface area (Å²) in [5.41, 5.74) is 2.80. The molecule has 0 aromatic heterocycles. The largest absolute Gasteiger partial charge is 0.478 e. The quantitative estimate of drug-likeness (QED) is 0.523. The van der Waals surface area contributed by atoms with E-state index in [0.717, 1.165) is 16.7 Å². The Balaban J connectivity index is 1.65. The van der Waals surface area contributed by atoms with Gasteiger partial charge >= 0.3 is 0 Å². The highest BCUT2D eigenvalue weighted by molar-refractivity contribution is 5.97. The van der Waals surface area contributed by atoms with E-state index in [0.29, 0.717) is 11.4 Å². The van der Waals surface area contributed by atoms with E-state index < -0.39 is 5.60 Å². The van der Waals surface area contributed by atoms with Crippen LogP contribution in [0.4, 0.5) is 10.1 Å². The number of carbonyl (C=O) groups is 1. The fourth-order valence-corrected chi connectivity index (χ4v) is 2.95. The predicted octanol–water partition coefficient (Wildman–Crippen LogP) is 6.00. The Kier molecular flexibility index (Phi) is 6.53. The average molecular weight is 407 g/mol. The van der Waals surface area contributed by atoms with Crippen molar-refractivity contribution >= 4 is 11.6 Å². The van der Waals surface area contributed by atoms with Crippen LogP contribution in [0.3, 0.4) is 0 Å². The van der Waals surface area contributed by atoms with Crippen LogP contribution in [0, 0.1) is 5.82 Å². The summed E-state index contributed by atoms with van der Waals surface area (Å²) in [7, 11) is 1.69. The van der Waals surface area contributed by atoms with E-state index >= 15 is 0 Å². The van der Waals surface area contributed by atoms with Crippen LogP contribution < -0.4 is 10.1 Å². The molecule has 30 heavy (non-hydrogen) atoms. The van der Waals surface area contributed by atoms with Crippen LogP contribution in [0.5, 0.6) is 5.75 Å². The number of ether oxygens (including phenoxy) is 2. The van der Waals surface area contributed by atoms with Crippen LogP contribution in [0.1, 0.15) is 32.4 Å². The molecular weight excluding hydrogens is 381 g/mol. The van der Waals surface area contributed by atoms with Crippen LogP contribution in [-0.4, -0.2) is 18.6 Å². The van der Waals surface area contributed by atoms with E-state index in [2.05, 4.69) is 29.6 Å². The second-order valence-electron chi connectivity index (χ2n) is 7.60. The molecule has 156 valence electrons. The van der Waals surface area contributed by atoms with Crippen molar-refractivity contribution in [3.63, 3.8) is 0 Å². The maximum atomic E-state index is 13.1. The monoisotopic (exact) mass is 407 g/mol. The van der Waals surface area contributed by atoms with Gasteiger partial charge in [-0.25, -0.2) is 4.39 Å². The van der Waals surface area contributed by atoms with Crippen LogP contribution >= 0.6 is 0 Å². The lowest BCUT2D eigenvalue weighted by Gasteiger charge is -2.25. The number of hydrogen-bond acceptors (Lipinski definition) is 3. The number of nitrogens with one attached hydrogen (secondary N) is 1. The van der Waals surface area contributed by atoms with Crippen molar-refractivity contribution in [2.75, 3.05) is 12.4 Å². The SMILES string of the molecule is COC(C)c1ccc(-c2ccc(NC(=O)C(C)(C)Oc3ccc(F)cc3)cc2)cc1. The highest BCUT2D eigenvalue weighted by Crippen LogP contribution is 2.25. The molecule has 1 unspecified atom stereocenters. The Bertz CT molecular complexity index is 980. The molecule has 0 spiro atoms. The summed E-state index contributed by atoms with van der Waals surface area (Å²) in [5.74, 6) is -0.219. The highest BCUT2D eigenvalue weighted by atomic mass is 19.1. The molecule has 0 radical (unpaired) electrons. The number of benzene rings is 3. The van der Waals surface area contributed by atoms with Gasteiger partial charge in [-0.3, -0.25) is 4.79 Å². The van der Waals surface area contributed by atoms with E-state index in [9.17, 15) is 9.18 Å². The fraction of sp³-hybridized carbons (Fsp3) is 0.240. The van der Waals surface area contributed by atoms with Crippen LogP contribution in [0.25, 0.3) is 11.1 Å². The maximum absolute atomic E-state index is 13.1.